The van der Waals surface area contributed by atoms with E-state index in [0.717, 1.165) is 53.3 Å². The van der Waals surface area contributed by atoms with E-state index in [9.17, 15) is 10.1 Å². The molecule has 0 bridgehead atoms. The lowest BCUT2D eigenvalue weighted by Crippen LogP contribution is -2.23. The molecule has 0 N–H and O–H groups in total. The molecule has 1 aromatic carbocycles. The monoisotopic (exact) mass is 448 g/mol. The number of pyridine rings is 1. The number of aromatic nitrogens is 2. The van der Waals surface area contributed by atoms with Crippen molar-refractivity contribution in [3.63, 3.8) is 0 Å². The number of nitriles is 1. The van der Waals surface area contributed by atoms with Crippen molar-refractivity contribution in [2.24, 2.45) is 0 Å². The third-order valence-corrected chi connectivity index (χ3v) is 7.30. The first kappa shape index (κ1) is 21.5. The van der Waals surface area contributed by atoms with Gasteiger partial charge in [0.1, 0.15) is 11.1 Å². The van der Waals surface area contributed by atoms with E-state index in [0.29, 0.717) is 16.4 Å². The Bertz CT molecular complexity index is 1150. The number of benzene rings is 1. The van der Waals surface area contributed by atoms with Gasteiger partial charge in [0.2, 0.25) is 5.91 Å². The number of hydrogen-bond acceptors (Lipinski definition) is 6. The third kappa shape index (κ3) is 4.65. The summed E-state index contributed by atoms with van der Waals surface area (Å²) in [5.74, 6) is 0.551. The molecule has 1 aliphatic rings. The highest BCUT2D eigenvalue weighted by Gasteiger charge is 2.21. The minimum absolute atomic E-state index is 0.0578. The highest BCUT2D eigenvalue weighted by molar-refractivity contribution is 7.98. The van der Waals surface area contributed by atoms with E-state index in [-0.39, 0.29) is 5.91 Å². The summed E-state index contributed by atoms with van der Waals surface area (Å²) in [5.41, 5.74) is 5.87. The fraction of sp³-hybridized carbons (Fsp3) is 0.333. The van der Waals surface area contributed by atoms with Crippen molar-refractivity contribution in [3.05, 3.63) is 63.8 Å². The number of fused-ring (bicyclic) bond motifs is 1. The maximum absolute atomic E-state index is 12.5. The van der Waals surface area contributed by atoms with Gasteiger partial charge < -0.3 is 0 Å². The van der Waals surface area contributed by atoms with Gasteiger partial charge in [-0.15, -0.1) is 11.3 Å². The van der Waals surface area contributed by atoms with Crippen LogP contribution in [0.15, 0.2) is 40.7 Å². The van der Waals surface area contributed by atoms with Crippen molar-refractivity contribution in [1.29, 1.82) is 5.26 Å². The molecule has 158 valence electrons. The number of rotatable bonds is 6. The molecule has 0 aliphatic heterocycles. The zero-order chi connectivity index (χ0) is 21.8. The van der Waals surface area contributed by atoms with Crippen LogP contribution in [-0.4, -0.2) is 15.9 Å². The van der Waals surface area contributed by atoms with Crippen molar-refractivity contribution in [1.82, 2.24) is 9.97 Å². The summed E-state index contributed by atoms with van der Waals surface area (Å²) >= 11 is 3.00. The van der Waals surface area contributed by atoms with Crippen molar-refractivity contribution in [2.75, 3.05) is 4.90 Å². The first-order chi connectivity index (χ1) is 15.1. The number of hydrogen-bond donors (Lipinski definition) is 0. The average Bonchev–Trinajstić information content (AvgIpc) is 3.25. The van der Waals surface area contributed by atoms with Crippen LogP contribution >= 0.6 is 23.1 Å². The molecular formula is C24H24N4OS2. The Balaban J connectivity index is 1.55. The van der Waals surface area contributed by atoms with Crippen molar-refractivity contribution >= 4 is 39.8 Å². The highest BCUT2D eigenvalue weighted by atomic mass is 32.2. The molecule has 0 unspecified atom stereocenters. The quantitative estimate of drug-likeness (QED) is 0.444. The molecule has 0 spiro atoms. The number of amides is 1. The summed E-state index contributed by atoms with van der Waals surface area (Å²) < 4.78 is 0. The van der Waals surface area contributed by atoms with Crippen LogP contribution in [0.4, 0.5) is 10.8 Å². The summed E-state index contributed by atoms with van der Waals surface area (Å²) in [5, 5.41) is 13.0. The number of carbonyl (C=O) groups excluding carboxylic acids is 1. The number of para-hydroxylation sites is 1. The molecule has 7 heteroatoms. The van der Waals surface area contributed by atoms with E-state index < -0.39 is 0 Å². The first-order valence-corrected chi connectivity index (χ1v) is 12.4. The molecule has 2 heterocycles. The molecule has 1 aliphatic carbocycles. The fourth-order valence-corrected chi connectivity index (χ4v) is 5.70. The van der Waals surface area contributed by atoms with Crippen molar-refractivity contribution < 1.29 is 4.79 Å². The second-order valence-electron chi connectivity index (χ2n) is 7.51. The molecular weight excluding hydrogens is 424 g/mol. The van der Waals surface area contributed by atoms with Crippen LogP contribution in [0.2, 0.25) is 0 Å². The number of carbonyl (C=O) groups is 1. The van der Waals surface area contributed by atoms with Gasteiger partial charge >= 0.3 is 0 Å². The van der Waals surface area contributed by atoms with Crippen LogP contribution in [0.25, 0.3) is 0 Å². The number of aryl methyl sites for hydroxylation is 3. The van der Waals surface area contributed by atoms with Gasteiger partial charge in [-0.25, -0.2) is 9.97 Å². The molecule has 5 nitrogen and oxygen atoms in total. The number of thiazole rings is 1. The van der Waals surface area contributed by atoms with Crippen LogP contribution in [0.3, 0.4) is 0 Å². The van der Waals surface area contributed by atoms with Crippen LogP contribution in [0.1, 0.15) is 54.8 Å². The number of anilines is 2. The minimum atomic E-state index is -0.0578. The summed E-state index contributed by atoms with van der Waals surface area (Å²) in [7, 11) is 0. The highest BCUT2D eigenvalue weighted by Crippen LogP contribution is 2.34. The van der Waals surface area contributed by atoms with E-state index in [1.54, 1.807) is 23.6 Å². The molecule has 2 aromatic heterocycles. The van der Waals surface area contributed by atoms with Gasteiger partial charge in [-0.2, -0.15) is 5.26 Å². The summed E-state index contributed by atoms with van der Waals surface area (Å²) in [6.07, 6.45) is 5.17. The van der Waals surface area contributed by atoms with E-state index >= 15 is 0 Å². The zero-order valence-corrected chi connectivity index (χ0v) is 19.4. The lowest BCUT2D eigenvalue weighted by molar-refractivity contribution is -0.115. The second kappa shape index (κ2) is 9.63. The third-order valence-electron chi connectivity index (χ3n) is 5.40. The first-order valence-electron chi connectivity index (χ1n) is 10.5. The van der Waals surface area contributed by atoms with Gasteiger partial charge in [-0.05, 0) is 55.4 Å². The van der Waals surface area contributed by atoms with Crippen molar-refractivity contribution in [3.8, 4) is 6.07 Å². The number of nitrogens with zero attached hydrogens (tertiary/aromatic N) is 4. The molecule has 0 saturated heterocycles. The smallest absolute Gasteiger partial charge is 0.230 e. The van der Waals surface area contributed by atoms with Crippen LogP contribution < -0.4 is 4.90 Å². The lowest BCUT2D eigenvalue weighted by Gasteiger charge is -2.21. The summed E-state index contributed by atoms with van der Waals surface area (Å²) in [4.78, 5) is 23.7. The van der Waals surface area contributed by atoms with E-state index in [1.807, 2.05) is 35.7 Å². The standard InChI is InChI=1S/C24H24N4OS2/c1-3-17-8-5-7-11-22(17)28(16(2)29)24-26-20(15-31-24)14-30-23-19(13-25)12-18-9-4-6-10-21(18)27-23/h5,7-8,11-12,15H,3-4,6,9-10,14H2,1-2H3. The van der Waals surface area contributed by atoms with Gasteiger partial charge in [-0.1, -0.05) is 36.9 Å². The average molecular weight is 449 g/mol. The maximum Gasteiger partial charge on any atom is 0.230 e. The Hall–Kier alpha value is -2.69. The Labute approximate surface area is 191 Å². The largest absolute Gasteiger partial charge is 0.274 e. The minimum Gasteiger partial charge on any atom is -0.274 e. The fourth-order valence-electron chi connectivity index (χ4n) is 3.85. The number of thioether (sulfide) groups is 1. The molecule has 0 atom stereocenters. The summed E-state index contributed by atoms with van der Waals surface area (Å²) in [6.45, 7) is 3.65. The molecule has 1 amide bonds. The Morgan fingerprint density at radius 2 is 2.06 bits per heavy atom. The Morgan fingerprint density at radius 3 is 2.84 bits per heavy atom. The molecule has 0 fully saturated rings. The van der Waals surface area contributed by atoms with Crippen molar-refractivity contribution in [2.45, 2.75) is 56.7 Å². The van der Waals surface area contributed by atoms with Gasteiger partial charge in [0, 0.05) is 23.8 Å². The van der Waals surface area contributed by atoms with Crippen LogP contribution in [-0.2, 0) is 29.8 Å². The predicted molar refractivity (Wildman–Crippen MR) is 126 cm³/mol. The molecule has 4 rings (SSSR count). The molecule has 3 aromatic rings. The Morgan fingerprint density at radius 1 is 1.26 bits per heavy atom. The van der Waals surface area contributed by atoms with Gasteiger partial charge in [-0.3, -0.25) is 9.69 Å². The second-order valence-corrected chi connectivity index (χ2v) is 9.31. The Kier molecular flexibility index (Phi) is 6.69. The van der Waals surface area contributed by atoms with Crippen LogP contribution in [0.5, 0.6) is 0 Å². The van der Waals surface area contributed by atoms with Gasteiger partial charge in [0.15, 0.2) is 5.13 Å². The molecule has 0 saturated carbocycles. The van der Waals surface area contributed by atoms with Crippen LogP contribution in [0, 0.1) is 11.3 Å². The molecule has 31 heavy (non-hydrogen) atoms. The van der Waals surface area contributed by atoms with Gasteiger partial charge in [0.05, 0.1) is 16.9 Å². The summed E-state index contributed by atoms with van der Waals surface area (Å²) in [6, 6.07) is 12.3. The molecule has 0 radical (unpaired) electrons. The zero-order valence-electron chi connectivity index (χ0n) is 17.7. The van der Waals surface area contributed by atoms with E-state index in [2.05, 4.69) is 13.0 Å². The van der Waals surface area contributed by atoms with Gasteiger partial charge in [0.25, 0.3) is 0 Å². The maximum atomic E-state index is 12.5. The topological polar surface area (TPSA) is 69.9 Å². The van der Waals surface area contributed by atoms with E-state index in [1.165, 1.54) is 23.3 Å². The SMILES string of the molecule is CCc1ccccc1N(C(C)=O)c1nc(CSc2nc3c(cc2C#N)CCCC3)cs1. The normalized spacial score (nSPS) is 12.8. The van der Waals surface area contributed by atoms with E-state index in [4.69, 9.17) is 9.97 Å². The lowest BCUT2D eigenvalue weighted by atomic mass is 9.95. The predicted octanol–water partition coefficient (Wildman–Crippen LogP) is 5.83.